The van der Waals surface area contributed by atoms with Crippen molar-refractivity contribution in [3.8, 4) is 5.75 Å². The van der Waals surface area contributed by atoms with Gasteiger partial charge in [-0.15, -0.1) is 0 Å². The van der Waals surface area contributed by atoms with Crippen LogP contribution in [0.5, 0.6) is 5.75 Å². The van der Waals surface area contributed by atoms with E-state index in [0.717, 1.165) is 4.70 Å². The number of furan rings is 1. The van der Waals surface area contributed by atoms with Gasteiger partial charge in [-0.05, 0) is 68.4 Å². The van der Waals surface area contributed by atoms with Gasteiger partial charge in [0.05, 0.1) is 16.5 Å². The first kappa shape index (κ1) is 20.9. The van der Waals surface area contributed by atoms with Crippen molar-refractivity contribution in [2.75, 3.05) is 10.6 Å². The molecule has 7 nitrogen and oxygen atoms in total. The maximum absolute atomic E-state index is 12.8. The number of carbonyl (C=O) groups excluding carboxylic acids is 2. The van der Waals surface area contributed by atoms with E-state index in [4.69, 9.17) is 20.8 Å². The Morgan fingerprint density at radius 2 is 1.87 bits per heavy atom. The average molecular weight is 456 g/mol. The van der Waals surface area contributed by atoms with Crippen LogP contribution in [-0.4, -0.2) is 22.4 Å². The third kappa shape index (κ3) is 4.87. The van der Waals surface area contributed by atoms with E-state index >= 15 is 0 Å². The maximum Gasteiger partial charge on any atom is 0.293 e. The number of hydrogen-bond donors (Lipinski definition) is 2. The number of anilines is 2. The number of aromatic nitrogens is 1. The molecule has 2 heterocycles. The average Bonchev–Trinajstić information content (AvgIpc) is 3.39. The summed E-state index contributed by atoms with van der Waals surface area (Å²) in [6.45, 7) is 3.37. The zero-order valence-electron chi connectivity index (χ0n) is 16.6. The number of carbonyl (C=O) groups is 2. The minimum absolute atomic E-state index is 0.204. The molecule has 0 aliphatic heterocycles. The number of rotatable bonds is 6. The Kier molecular flexibility index (Phi) is 5.67. The minimum atomic E-state index is -1.11. The van der Waals surface area contributed by atoms with Gasteiger partial charge in [-0.2, -0.15) is 0 Å². The van der Waals surface area contributed by atoms with Gasteiger partial charge >= 0.3 is 0 Å². The van der Waals surface area contributed by atoms with Crippen LogP contribution in [0.1, 0.15) is 24.4 Å². The molecule has 4 aromatic rings. The molecule has 2 aromatic carbocycles. The highest BCUT2D eigenvalue weighted by Gasteiger charge is 2.30. The number of halogens is 1. The molecular weight excluding hydrogens is 438 g/mol. The monoisotopic (exact) mass is 455 g/mol. The molecule has 0 saturated heterocycles. The summed E-state index contributed by atoms with van der Waals surface area (Å²) >= 11 is 7.18. The highest BCUT2D eigenvalue weighted by Crippen LogP contribution is 2.29. The standard InChI is InChI=1S/C22H18ClN3O4S/c1-22(2,30-15-8-5-13(23)6-9-15)20(28)24-14-7-10-16-18(12-14)31-21(25-16)26-19(27)17-4-3-11-29-17/h3-12H,1-2H3,(H,24,28)(H,25,26,27). The predicted molar refractivity (Wildman–Crippen MR) is 121 cm³/mol. The number of thiazole rings is 1. The van der Waals surface area contributed by atoms with Gasteiger partial charge in [-0.25, -0.2) is 4.98 Å². The minimum Gasteiger partial charge on any atom is -0.478 e. The number of fused-ring (bicyclic) bond motifs is 1. The van der Waals surface area contributed by atoms with Crippen LogP contribution in [0.15, 0.2) is 65.3 Å². The molecule has 31 heavy (non-hydrogen) atoms. The number of amides is 2. The molecule has 0 spiro atoms. The van der Waals surface area contributed by atoms with Crippen LogP contribution in [0, 0.1) is 0 Å². The lowest BCUT2D eigenvalue weighted by Gasteiger charge is -2.25. The highest BCUT2D eigenvalue weighted by molar-refractivity contribution is 7.22. The molecule has 0 fully saturated rings. The van der Waals surface area contributed by atoms with Gasteiger partial charge in [-0.3, -0.25) is 14.9 Å². The molecule has 0 unspecified atom stereocenters. The van der Waals surface area contributed by atoms with Crippen molar-refractivity contribution in [3.63, 3.8) is 0 Å². The Labute approximate surface area is 187 Å². The zero-order chi connectivity index (χ0) is 22.0. The van der Waals surface area contributed by atoms with Gasteiger partial charge < -0.3 is 14.5 Å². The summed E-state index contributed by atoms with van der Waals surface area (Å²) in [5.74, 6) is 0.0610. The lowest BCUT2D eigenvalue weighted by Crippen LogP contribution is -2.42. The summed E-state index contributed by atoms with van der Waals surface area (Å²) in [6.07, 6.45) is 1.43. The first-order chi connectivity index (χ1) is 14.8. The van der Waals surface area contributed by atoms with Crippen LogP contribution in [0.3, 0.4) is 0 Å². The molecule has 9 heteroatoms. The number of nitrogens with zero attached hydrogens (tertiary/aromatic N) is 1. The Morgan fingerprint density at radius 3 is 2.58 bits per heavy atom. The smallest absolute Gasteiger partial charge is 0.293 e. The molecule has 0 saturated carbocycles. The van der Waals surface area contributed by atoms with Crippen LogP contribution in [0.2, 0.25) is 5.02 Å². The summed E-state index contributed by atoms with van der Waals surface area (Å²) in [5, 5.41) is 6.60. The summed E-state index contributed by atoms with van der Waals surface area (Å²) in [6, 6.07) is 15.3. The normalized spacial score (nSPS) is 11.3. The molecule has 2 N–H and O–H groups in total. The van der Waals surface area contributed by atoms with E-state index in [9.17, 15) is 9.59 Å². The van der Waals surface area contributed by atoms with Gasteiger partial charge in [0, 0.05) is 10.7 Å². The van der Waals surface area contributed by atoms with Gasteiger partial charge in [0.1, 0.15) is 5.75 Å². The highest BCUT2D eigenvalue weighted by atomic mass is 35.5. The molecule has 2 amide bonds. The van der Waals surface area contributed by atoms with Gasteiger partial charge in [-0.1, -0.05) is 22.9 Å². The van der Waals surface area contributed by atoms with E-state index in [1.165, 1.54) is 17.6 Å². The number of nitrogens with one attached hydrogen (secondary N) is 2. The first-order valence-corrected chi connectivity index (χ1v) is 10.5. The predicted octanol–water partition coefficient (Wildman–Crippen LogP) is 5.59. The molecular formula is C22H18ClN3O4S. The van der Waals surface area contributed by atoms with Crippen LogP contribution in [0.4, 0.5) is 10.8 Å². The van der Waals surface area contributed by atoms with E-state index in [-0.39, 0.29) is 17.6 Å². The SMILES string of the molecule is CC(C)(Oc1ccc(Cl)cc1)C(=O)Nc1ccc2nc(NC(=O)c3ccco3)sc2c1. The van der Waals surface area contributed by atoms with E-state index in [1.54, 1.807) is 68.4 Å². The van der Waals surface area contributed by atoms with Crippen molar-refractivity contribution in [2.45, 2.75) is 19.4 Å². The molecule has 0 bridgehead atoms. The van der Waals surface area contributed by atoms with Crippen LogP contribution >= 0.6 is 22.9 Å². The fourth-order valence-electron chi connectivity index (χ4n) is 2.75. The van der Waals surface area contributed by atoms with Gasteiger partial charge in [0.15, 0.2) is 16.5 Å². The number of benzene rings is 2. The second-order valence-corrected chi connectivity index (χ2v) is 8.62. The molecule has 0 atom stereocenters. The van der Waals surface area contributed by atoms with Crippen molar-refractivity contribution >= 4 is 55.8 Å². The van der Waals surface area contributed by atoms with Crippen molar-refractivity contribution < 1.29 is 18.7 Å². The lowest BCUT2D eigenvalue weighted by molar-refractivity contribution is -0.128. The van der Waals surface area contributed by atoms with Crippen molar-refractivity contribution in [3.05, 3.63) is 71.6 Å². The Morgan fingerprint density at radius 1 is 1.10 bits per heavy atom. The fraction of sp³-hybridized carbons (Fsp3) is 0.136. The van der Waals surface area contributed by atoms with Crippen molar-refractivity contribution in [2.24, 2.45) is 0 Å². The molecule has 158 valence electrons. The largest absolute Gasteiger partial charge is 0.478 e. The molecule has 0 aliphatic rings. The van der Waals surface area contributed by atoms with E-state index in [1.807, 2.05) is 0 Å². The summed E-state index contributed by atoms with van der Waals surface area (Å²) in [5.41, 5.74) is 0.186. The molecule has 0 aliphatic carbocycles. The Hall–Kier alpha value is -3.36. The molecule has 0 radical (unpaired) electrons. The van der Waals surface area contributed by atoms with Crippen molar-refractivity contribution in [1.29, 1.82) is 0 Å². The quantitative estimate of drug-likeness (QED) is 0.395. The third-order valence-corrected chi connectivity index (χ3v) is 5.53. The van der Waals surface area contributed by atoms with Crippen LogP contribution in [-0.2, 0) is 4.79 Å². The zero-order valence-corrected chi connectivity index (χ0v) is 18.2. The van der Waals surface area contributed by atoms with Gasteiger partial charge in [0.2, 0.25) is 0 Å². The number of ether oxygens (including phenoxy) is 1. The van der Waals surface area contributed by atoms with Crippen molar-refractivity contribution in [1.82, 2.24) is 4.98 Å². The summed E-state index contributed by atoms with van der Waals surface area (Å²) in [7, 11) is 0. The molecule has 4 rings (SSSR count). The Bertz CT molecular complexity index is 1230. The van der Waals surface area contributed by atoms with Crippen LogP contribution in [0.25, 0.3) is 10.2 Å². The number of hydrogen-bond acceptors (Lipinski definition) is 6. The Balaban J connectivity index is 1.45. The lowest BCUT2D eigenvalue weighted by atomic mass is 10.1. The van der Waals surface area contributed by atoms with Crippen LogP contribution < -0.4 is 15.4 Å². The second-order valence-electron chi connectivity index (χ2n) is 7.15. The topological polar surface area (TPSA) is 93.5 Å². The summed E-state index contributed by atoms with van der Waals surface area (Å²) in [4.78, 5) is 29.3. The second kappa shape index (κ2) is 8.41. The van der Waals surface area contributed by atoms with E-state index in [0.29, 0.717) is 27.1 Å². The first-order valence-electron chi connectivity index (χ1n) is 9.32. The van der Waals surface area contributed by atoms with E-state index in [2.05, 4.69) is 15.6 Å². The fourth-order valence-corrected chi connectivity index (χ4v) is 3.77. The van der Waals surface area contributed by atoms with Gasteiger partial charge in [0.25, 0.3) is 11.8 Å². The van der Waals surface area contributed by atoms with E-state index < -0.39 is 5.60 Å². The molecule has 2 aromatic heterocycles. The third-order valence-electron chi connectivity index (χ3n) is 4.35. The summed E-state index contributed by atoms with van der Waals surface area (Å²) < 4.78 is 11.7. The maximum atomic E-state index is 12.8.